The van der Waals surface area contributed by atoms with Crippen molar-refractivity contribution in [3.63, 3.8) is 0 Å². The molecule has 0 heterocycles. The van der Waals surface area contributed by atoms with Gasteiger partial charge in [0.05, 0.1) is 0 Å². The zero-order valence-electron chi connectivity index (χ0n) is 15.7. The molecule has 0 aromatic heterocycles. The summed E-state index contributed by atoms with van der Waals surface area (Å²) in [6.45, 7) is 16.1. The molecule has 0 atom stereocenters. The molecule has 0 saturated carbocycles. The van der Waals surface area contributed by atoms with Gasteiger partial charge in [0.2, 0.25) is 0 Å². The quantitative estimate of drug-likeness (QED) is 0.575. The maximum atomic E-state index is 4.00. The molecule has 0 aliphatic rings. The lowest BCUT2D eigenvalue weighted by molar-refractivity contribution is 1.10. The molecule has 0 amide bonds. The molecule has 1 N–H and O–H groups in total. The van der Waals surface area contributed by atoms with Crippen molar-refractivity contribution < 1.29 is 0 Å². The van der Waals surface area contributed by atoms with E-state index in [0.29, 0.717) is 0 Å². The van der Waals surface area contributed by atoms with Gasteiger partial charge in [0.1, 0.15) is 0 Å². The van der Waals surface area contributed by atoms with Crippen molar-refractivity contribution in [2.45, 2.75) is 27.7 Å². The predicted molar refractivity (Wildman–Crippen MR) is 112 cm³/mol. The second-order valence-electron chi connectivity index (χ2n) is 6.53. The van der Waals surface area contributed by atoms with Crippen LogP contribution in [0.4, 0.5) is 0 Å². The SMILES string of the molecule is C=C(C)NC(=C)c1ccc2ccccc2c1.Cc1ccc(C)c(C)c1. The fourth-order valence-corrected chi connectivity index (χ4v) is 2.60. The van der Waals surface area contributed by atoms with Gasteiger partial charge in [0, 0.05) is 11.4 Å². The van der Waals surface area contributed by atoms with E-state index in [-0.39, 0.29) is 0 Å². The monoisotopic (exact) mass is 329 g/mol. The Kier molecular flexibility index (Phi) is 6.19. The minimum absolute atomic E-state index is 0.887. The smallest absolute Gasteiger partial charge is 0.0382 e. The van der Waals surface area contributed by atoms with E-state index in [2.05, 4.69) is 87.8 Å². The number of hydrogen-bond acceptors (Lipinski definition) is 1. The van der Waals surface area contributed by atoms with E-state index in [9.17, 15) is 0 Å². The summed E-state index contributed by atoms with van der Waals surface area (Å²) in [6.07, 6.45) is 0. The lowest BCUT2D eigenvalue weighted by Gasteiger charge is -2.09. The van der Waals surface area contributed by atoms with Gasteiger partial charge in [-0.05, 0) is 61.2 Å². The molecule has 3 rings (SSSR count). The second kappa shape index (κ2) is 8.34. The molecule has 3 aromatic carbocycles. The lowest BCUT2D eigenvalue weighted by atomic mass is 10.1. The average Bonchev–Trinajstić information content (AvgIpc) is 2.58. The highest BCUT2D eigenvalue weighted by atomic mass is 14.9. The zero-order chi connectivity index (χ0) is 18.4. The van der Waals surface area contributed by atoms with E-state index in [4.69, 9.17) is 0 Å². The number of benzene rings is 3. The summed E-state index contributed by atoms with van der Waals surface area (Å²) in [5.41, 5.74) is 6.99. The van der Waals surface area contributed by atoms with Gasteiger partial charge in [-0.3, -0.25) is 0 Å². The Bertz CT molecular complexity index is 903. The van der Waals surface area contributed by atoms with Crippen LogP contribution in [0.25, 0.3) is 16.5 Å². The first-order valence-corrected chi connectivity index (χ1v) is 8.51. The largest absolute Gasteiger partial charge is 0.360 e. The van der Waals surface area contributed by atoms with Crippen molar-refractivity contribution in [1.29, 1.82) is 0 Å². The number of allylic oxidation sites excluding steroid dienone is 1. The highest BCUT2D eigenvalue weighted by molar-refractivity contribution is 5.85. The van der Waals surface area contributed by atoms with E-state index in [1.807, 2.05) is 19.1 Å². The Morgan fingerprint density at radius 1 is 0.760 bits per heavy atom. The third kappa shape index (κ3) is 5.36. The molecule has 1 nitrogen and oxygen atoms in total. The van der Waals surface area contributed by atoms with Crippen LogP contribution in [0.1, 0.15) is 29.2 Å². The Hall–Kier alpha value is -2.80. The maximum absolute atomic E-state index is 4.00. The molecule has 0 radical (unpaired) electrons. The third-order valence-corrected chi connectivity index (χ3v) is 4.12. The van der Waals surface area contributed by atoms with Crippen LogP contribution in [-0.2, 0) is 0 Å². The molecule has 0 aliphatic heterocycles. The summed E-state index contributed by atoms with van der Waals surface area (Å²) >= 11 is 0. The van der Waals surface area contributed by atoms with Crippen LogP contribution >= 0.6 is 0 Å². The van der Waals surface area contributed by atoms with Gasteiger partial charge < -0.3 is 5.32 Å². The van der Waals surface area contributed by atoms with Gasteiger partial charge in [-0.15, -0.1) is 0 Å². The summed E-state index contributed by atoms with van der Waals surface area (Å²) in [4.78, 5) is 0. The topological polar surface area (TPSA) is 12.0 Å². The van der Waals surface area contributed by atoms with Gasteiger partial charge in [0.15, 0.2) is 0 Å². The standard InChI is InChI=1S/C15H15N.C9H12/c1-11(2)16-12(3)14-9-8-13-6-4-5-7-15(13)10-14;1-7-4-5-8(2)9(3)6-7/h4-10,16H,1,3H2,2H3;4-6H,1-3H3. The first-order chi connectivity index (χ1) is 11.9. The molecule has 128 valence electrons. The number of rotatable bonds is 3. The predicted octanol–water partition coefficient (Wildman–Crippen LogP) is 6.55. The summed E-state index contributed by atoms with van der Waals surface area (Å²) in [5, 5.41) is 5.61. The number of aryl methyl sites for hydroxylation is 3. The van der Waals surface area contributed by atoms with Crippen molar-refractivity contribution in [3.8, 4) is 0 Å². The van der Waals surface area contributed by atoms with Crippen LogP contribution in [0, 0.1) is 20.8 Å². The molecule has 25 heavy (non-hydrogen) atoms. The Morgan fingerprint density at radius 3 is 2.04 bits per heavy atom. The fraction of sp³-hybridized carbons (Fsp3) is 0.167. The van der Waals surface area contributed by atoms with Gasteiger partial charge in [-0.2, -0.15) is 0 Å². The van der Waals surface area contributed by atoms with Crippen LogP contribution in [0.15, 0.2) is 79.5 Å². The minimum atomic E-state index is 0.887. The fourth-order valence-electron chi connectivity index (χ4n) is 2.60. The first-order valence-electron chi connectivity index (χ1n) is 8.51. The number of nitrogens with one attached hydrogen (secondary N) is 1. The summed E-state index contributed by atoms with van der Waals surface area (Å²) < 4.78 is 0. The van der Waals surface area contributed by atoms with E-state index in [1.165, 1.54) is 27.5 Å². The van der Waals surface area contributed by atoms with Crippen LogP contribution in [-0.4, -0.2) is 0 Å². The summed E-state index contributed by atoms with van der Waals surface area (Å²) in [6, 6.07) is 21.1. The van der Waals surface area contributed by atoms with Crippen LogP contribution in [0.5, 0.6) is 0 Å². The number of hydrogen-bond donors (Lipinski definition) is 1. The van der Waals surface area contributed by atoms with E-state index < -0.39 is 0 Å². The van der Waals surface area contributed by atoms with Crippen molar-refractivity contribution in [2.24, 2.45) is 0 Å². The molecule has 0 bridgehead atoms. The minimum Gasteiger partial charge on any atom is -0.360 e. The summed E-state index contributed by atoms with van der Waals surface area (Å²) in [5.74, 6) is 0. The third-order valence-electron chi connectivity index (χ3n) is 4.12. The van der Waals surface area contributed by atoms with E-state index >= 15 is 0 Å². The van der Waals surface area contributed by atoms with Crippen LogP contribution in [0.2, 0.25) is 0 Å². The molecule has 0 aliphatic carbocycles. The van der Waals surface area contributed by atoms with E-state index in [0.717, 1.165) is 17.0 Å². The lowest BCUT2D eigenvalue weighted by Crippen LogP contribution is -2.06. The van der Waals surface area contributed by atoms with E-state index in [1.54, 1.807) is 0 Å². The highest BCUT2D eigenvalue weighted by Gasteiger charge is 1.99. The molecule has 1 heteroatoms. The van der Waals surface area contributed by atoms with Crippen molar-refractivity contribution in [1.82, 2.24) is 5.32 Å². The molecule has 0 unspecified atom stereocenters. The Morgan fingerprint density at radius 2 is 1.44 bits per heavy atom. The van der Waals surface area contributed by atoms with Crippen molar-refractivity contribution in [3.05, 3.63) is 102 Å². The van der Waals surface area contributed by atoms with Gasteiger partial charge >= 0.3 is 0 Å². The van der Waals surface area contributed by atoms with Crippen LogP contribution in [0.3, 0.4) is 0 Å². The Balaban J connectivity index is 0.000000212. The molecule has 3 aromatic rings. The molecule has 0 fully saturated rings. The second-order valence-corrected chi connectivity index (χ2v) is 6.53. The van der Waals surface area contributed by atoms with Crippen molar-refractivity contribution >= 4 is 16.5 Å². The normalized spacial score (nSPS) is 9.92. The molecular formula is C24H27N. The Labute approximate surface area is 151 Å². The summed E-state index contributed by atoms with van der Waals surface area (Å²) in [7, 11) is 0. The molecular weight excluding hydrogens is 302 g/mol. The number of fused-ring (bicyclic) bond motifs is 1. The maximum Gasteiger partial charge on any atom is 0.0382 e. The molecule has 0 spiro atoms. The van der Waals surface area contributed by atoms with Gasteiger partial charge in [-0.25, -0.2) is 0 Å². The van der Waals surface area contributed by atoms with Crippen LogP contribution < -0.4 is 5.32 Å². The zero-order valence-corrected chi connectivity index (χ0v) is 15.7. The van der Waals surface area contributed by atoms with Crippen molar-refractivity contribution in [2.75, 3.05) is 0 Å². The first kappa shape index (κ1) is 18.5. The highest BCUT2D eigenvalue weighted by Crippen LogP contribution is 2.19. The average molecular weight is 329 g/mol. The van der Waals surface area contributed by atoms with Gasteiger partial charge in [-0.1, -0.05) is 73.3 Å². The van der Waals surface area contributed by atoms with Gasteiger partial charge in [0.25, 0.3) is 0 Å². The molecule has 0 saturated heterocycles.